The average Bonchev–Trinajstić information content (AvgIpc) is 2.82. The van der Waals surface area contributed by atoms with Crippen LogP contribution in [0.1, 0.15) is 5.82 Å². The van der Waals surface area contributed by atoms with Gasteiger partial charge in [-0.3, -0.25) is 4.57 Å². The molecule has 0 unspecified atom stereocenters. The van der Waals surface area contributed by atoms with Gasteiger partial charge in [0, 0.05) is 5.69 Å². The van der Waals surface area contributed by atoms with Crippen LogP contribution in [0.3, 0.4) is 0 Å². The number of aromatic nitrogens is 2. The first-order chi connectivity index (χ1) is 9.61. The third kappa shape index (κ3) is 2.05. The lowest BCUT2D eigenvalue weighted by atomic mass is 10.2. The molecule has 0 saturated heterocycles. The zero-order valence-electron chi connectivity index (χ0n) is 10.1. The van der Waals surface area contributed by atoms with Gasteiger partial charge in [0.25, 0.3) is 0 Å². The predicted octanol–water partition coefficient (Wildman–Crippen LogP) is 4.70. The van der Waals surface area contributed by atoms with Gasteiger partial charge in [-0.05, 0) is 30.3 Å². The second-order valence-corrected chi connectivity index (χ2v) is 4.88. The highest BCUT2D eigenvalue weighted by molar-refractivity contribution is 6.30. The predicted molar refractivity (Wildman–Crippen MR) is 75.6 cm³/mol. The van der Waals surface area contributed by atoms with E-state index in [4.69, 9.17) is 23.2 Å². The summed E-state index contributed by atoms with van der Waals surface area (Å²) in [6, 6.07) is 8.89. The molecular formula is C14H8Cl2F2N2. The van der Waals surface area contributed by atoms with E-state index in [0.717, 1.165) is 0 Å². The van der Waals surface area contributed by atoms with Crippen molar-refractivity contribution >= 4 is 34.2 Å². The van der Waals surface area contributed by atoms with Crippen molar-refractivity contribution in [3.63, 3.8) is 0 Å². The first-order valence-corrected chi connectivity index (χ1v) is 6.70. The molecule has 2 aromatic carbocycles. The fourth-order valence-electron chi connectivity index (χ4n) is 2.12. The van der Waals surface area contributed by atoms with E-state index in [2.05, 4.69) is 4.98 Å². The SMILES string of the molecule is Fc1ccc(-n2c(CCl)nc3c(F)cccc32)cc1Cl. The van der Waals surface area contributed by atoms with Crippen molar-refractivity contribution in [2.24, 2.45) is 0 Å². The summed E-state index contributed by atoms with van der Waals surface area (Å²) in [7, 11) is 0. The van der Waals surface area contributed by atoms with Gasteiger partial charge in [-0.2, -0.15) is 0 Å². The largest absolute Gasteiger partial charge is 0.295 e. The number of fused-ring (bicyclic) bond motifs is 1. The van der Waals surface area contributed by atoms with Crippen molar-refractivity contribution in [1.29, 1.82) is 0 Å². The van der Waals surface area contributed by atoms with Crippen molar-refractivity contribution in [1.82, 2.24) is 9.55 Å². The van der Waals surface area contributed by atoms with Gasteiger partial charge in [0.2, 0.25) is 0 Å². The fourth-order valence-corrected chi connectivity index (χ4v) is 2.47. The lowest BCUT2D eigenvalue weighted by molar-refractivity contribution is 0.628. The molecule has 0 bridgehead atoms. The number of para-hydroxylation sites is 1. The van der Waals surface area contributed by atoms with Crippen molar-refractivity contribution in [2.45, 2.75) is 5.88 Å². The van der Waals surface area contributed by atoms with Crippen LogP contribution in [0.2, 0.25) is 5.02 Å². The number of rotatable bonds is 2. The first kappa shape index (κ1) is 13.3. The Morgan fingerprint density at radius 1 is 1.10 bits per heavy atom. The Bertz CT molecular complexity index is 799. The number of imidazole rings is 1. The van der Waals surface area contributed by atoms with E-state index in [0.29, 0.717) is 17.0 Å². The van der Waals surface area contributed by atoms with Crippen LogP contribution in [0.5, 0.6) is 0 Å². The molecule has 20 heavy (non-hydrogen) atoms. The maximum absolute atomic E-state index is 13.8. The summed E-state index contributed by atoms with van der Waals surface area (Å²) >= 11 is 11.7. The van der Waals surface area contributed by atoms with E-state index in [1.165, 1.54) is 18.2 Å². The van der Waals surface area contributed by atoms with Crippen LogP contribution in [-0.2, 0) is 5.88 Å². The molecule has 0 atom stereocenters. The van der Waals surface area contributed by atoms with Crippen molar-refractivity contribution in [3.8, 4) is 5.69 Å². The molecule has 1 heterocycles. The summed E-state index contributed by atoms with van der Waals surface area (Å²) in [5, 5.41) is -0.0127. The molecule has 102 valence electrons. The molecule has 3 rings (SSSR count). The Morgan fingerprint density at radius 2 is 1.90 bits per heavy atom. The molecule has 0 N–H and O–H groups in total. The van der Waals surface area contributed by atoms with E-state index in [-0.39, 0.29) is 16.4 Å². The highest BCUT2D eigenvalue weighted by atomic mass is 35.5. The molecule has 0 saturated carbocycles. The number of alkyl halides is 1. The van der Waals surface area contributed by atoms with Crippen LogP contribution in [0, 0.1) is 11.6 Å². The number of hydrogen-bond acceptors (Lipinski definition) is 1. The van der Waals surface area contributed by atoms with Crippen LogP contribution >= 0.6 is 23.2 Å². The molecule has 0 aliphatic heterocycles. The molecule has 1 aromatic heterocycles. The zero-order chi connectivity index (χ0) is 14.3. The summed E-state index contributed by atoms with van der Waals surface area (Å²) < 4.78 is 28.7. The van der Waals surface area contributed by atoms with Crippen LogP contribution in [0.4, 0.5) is 8.78 Å². The third-order valence-corrected chi connectivity index (χ3v) is 3.51. The number of hydrogen-bond donors (Lipinski definition) is 0. The third-order valence-electron chi connectivity index (χ3n) is 2.99. The standard InChI is InChI=1S/C14H8Cl2F2N2/c15-7-13-19-14-11(18)2-1-3-12(14)20(13)8-4-5-10(17)9(16)6-8/h1-6H,7H2. The summed E-state index contributed by atoms with van der Waals surface area (Å²) in [5.74, 6) is -0.378. The van der Waals surface area contributed by atoms with Crippen molar-refractivity contribution in [3.05, 3.63) is 58.9 Å². The molecule has 0 spiro atoms. The molecular weight excluding hydrogens is 305 g/mol. The minimum Gasteiger partial charge on any atom is -0.295 e. The van der Waals surface area contributed by atoms with Gasteiger partial charge in [0.1, 0.15) is 17.2 Å². The van der Waals surface area contributed by atoms with Crippen LogP contribution in [0.25, 0.3) is 16.7 Å². The van der Waals surface area contributed by atoms with Gasteiger partial charge < -0.3 is 0 Å². The maximum atomic E-state index is 13.8. The molecule has 0 aliphatic rings. The van der Waals surface area contributed by atoms with Gasteiger partial charge in [0.15, 0.2) is 5.82 Å². The summed E-state index contributed by atoms with van der Waals surface area (Å²) in [5.41, 5.74) is 1.37. The summed E-state index contributed by atoms with van der Waals surface area (Å²) in [6.45, 7) is 0. The second kappa shape index (κ2) is 5.04. The summed E-state index contributed by atoms with van der Waals surface area (Å²) in [4.78, 5) is 4.18. The molecule has 0 radical (unpaired) electrons. The van der Waals surface area contributed by atoms with E-state index in [1.807, 2.05) is 0 Å². The molecule has 2 nitrogen and oxygen atoms in total. The average molecular weight is 313 g/mol. The fraction of sp³-hybridized carbons (Fsp3) is 0.0714. The first-order valence-electron chi connectivity index (χ1n) is 5.79. The number of halogens is 4. The second-order valence-electron chi connectivity index (χ2n) is 4.20. The van der Waals surface area contributed by atoms with Gasteiger partial charge in [-0.25, -0.2) is 13.8 Å². The molecule has 3 aromatic rings. The molecule has 0 amide bonds. The normalized spacial score (nSPS) is 11.2. The van der Waals surface area contributed by atoms with Crippen LogP contribution < -0.4 is 0 Å². The van der Waals surface area contributed by atoms with Crippen LogP contribution in [-0.4, -0.2) is 9.55 Å². The maximum Gasteiger partial charge on any atom is 0.151 e. The van der Waals surface area contributed by atoms with E-state index < -0.39 is 11.6 Å². The van der Waals surface area contributed by atoms with E-state index in [1.54, 1.807) is 22.8 Å². The Hall–Kier alpha value is -1.65. The molecule has 6 heteroatoms. The summed E-state index contributed by atoms with van der Waals surface area (Å²) in [6.07, 6.45) is 0. The quantitative estimate of drug-likeness (QED) is 0.627. The lowest BCUT2D eigenvalue weighted by Gasteiger charge is -2.08. The Morgan fingerprint density at radius 3 is 2.60 bits per heavy atom. The Balaban J connectivity index is 2.34. The minimum absolute atomic E-state index is 0.0127. The lowest BCUT2D eigenvalue weighted by Crippen LogP contribution is -1.99. The molecule has 0 fully saturated rings. The highest BCUT2D eigenvalue weighted by Crippen LogP contribution is 2.26. The van der Waals surface area contributed by atoms with Crippen LogP contribution in [0.15, 0.2) is 36.4 Å². The topological polar surface area (TPSA) is 17.8 Å². The van der Waals surface area contributed by atoms with Gasteiger partial charge in [0.05, 0.1) is 16.4 Å². The molecule has 0 aliphatic carbocycles. The highest BCUT2D eigenvalue weighted by Gasteiger charge is 2.15. The van der Waals surface area contributed by atoms with Gasteiger partial charge in [-0.15, -0.1) is 11.6 Å². The zero-order valence-corrected chi connectivity index (χ0v) is 11.6. The monoisotopic (exact) mass is 312 g/mol. The Labute approximate surface area is 123 Å². The minimum atomic E-state index is -0.515. The van der Waals surface area contributed by atoms with Gasteiger partial charge in [-0.1, -0.05) is 17.7 Å². The number of nitrogens with zero attached hydrogens (tertiary/aromatic N) is 2. The van der Waals surface area contributed by atoms with E-state index >= 15 is 0 Å². The Kier molecular flexibility index (Phi) is 3.36. The smallest absolute Gasteiger partial charge is 0.151 e. The van der Waals surface area contributed by atoms with Crippen molar-refractivity contribution in [2.75, 3.05) is 0 Å². The van der Waals surface area contributed by atoms with E-state index in [9.17, 15) is 8.78 Å². The van der Waals surface area contributed by atoms with Crippen molar-refractivity contribution < 1.29 is 8.78 Å². The van der Waals surface area contributed by atoms with Gasteiger partial charge >= 0.3 is 0 Å². The number of benzene rings is 2.